The minimum Gasteiger partial charge on any atom is -0.484 e. The van der Waals surface area contributed by atoms with Crippen molar-refractivity contribution in [3.63, 3.8) is 0 Å². The van der Waals surface area contributed by atoms with Crippen molar-refractivity contribution in [2.24, 2.45) is 22.0 Å². The molecule has 21 heavy (non-hydrogen) atoms. The summed E-state index contributed by atoms with van der Waals surface area (Å²) in [5, 5.41) is 4.28. The number of aliphatic imine (C=N–C) groups is 1. The largest absolute Gasteiger partial charge is 0.484 e. The van der Waals surface area contributed by atoms with E-state index in [2.05, 4.69) is 29.4 Å². The van der Waals surface area contributed by atoms with Crippen LogP contribution in [0.5, 0.6) is 0 Å². The van der Waals surface area contributed by atoms with Crippen LogP contribution in [0.4, 0.5) is 0 Å². The van der Waals surface area contributed by atoms with Crippen molar-refractivity contribution >= 4 is 11.6 Å². The molecule has 1 aromatic rings. The highest BCUT2D eigenvalue weighted by Gasteiger charge is 2.63. The molecule has 4 rings (SSSR count). The van der Waals surface area contributed by atoms with Gasteiger partial charge in [0.2, 0.25) is 0 Å². The SMILES string of the molecule is COC1=NC(C2C3ON=C(c4ccccc4)C32)CCCC1. The molecule has 0 aromatic heterocycles. The van der Waals surface area contributed by atoms with Crippen molar-refractivity contribution in [2.45, 2.75) is 37.8 Å². The molecule has 0 radical (unpaired) electrons. The number of nitrogens with zero attached hydrogens (tertiary/aromatic N) is 2. The van der Waals surface area contributed by atoms with Gasteiger partial charge in [-0.25, -0.2) is 0 Å². The van der Waals surface area contributed by atoms with E-state index in [1.807, 2.05) is 6.07 Å². The lowest BCUT2D eigenvalue weighted by Gasteiger charge is -2.13. The number of fused-ring (bicyclic) bond motifs is 1. The van der Waals surface area contributed by atoms with Gasteiger partial charge in [-0.15, -0.1) is 0 Å². The van der Waals surface area contributed by atoms with Gasteiger partial charge in [-0.2, -0.15) is 0 Å². The van der Waals surface area contributed by atoms with E-state index < -0.39 is 0 Å². The maximum Gasteiger partial charge on any atom is 0.183 e. The van der Waals surface area contributed by atoms with E-state index in [1.54, 1.807) is 7.11 Å². The van der Waals surface area contributed by atoms with Gasteiger partial charge in [0.25, 0.3) is 0 Å². The van der Waals surface area contributed by atoms with Gasteiger partial charge >= 0.3 is 0 Å². The lowest BCUT2D eigenvalue weighted by molar-refractivity contribution is 0.122. The molecule has 1 aliphatic carbocycles. The van der Waals surface area contributed by atoms with E-state index in [4.69, 9.17) is 14.6 Å². The standard InChI is InChI=1S/C17H20N2O2/c1-20-13-10-6-5-9-12(18-13)14-15-16(19-21-17(14)15)11-7-3-2-4-8-11/h2-4,7-8,12,14-15,17H,5-6,9-10H2,1H3. The Bertz CT molecular complexity index is 582. The van der Waals surface area contributed by atoms with Crippen LogP contribution in [0.15, 0.2) is 40.5 Å². The number of hydrogen-bond acceptors (Lipinski definition) is 4. The molecule has 1 aromatic carbocycles. The quantitative estimate of drug-likeness (QED) is 0.838. The summed E-state index contributed by atoms with van der Waals surface area (Å²) in [4.78, 5) is 10.5. The maximum absolute atomic E-state index is 5.65. The number of hydrogen-bond donors (Lipinski definition) is 0. The van der Waals surface area contributed by atoms with Crippen LogP contribution in [-0.2, 0) is 9.57 Å². The molecule has 2 aliphatic heterocycles. The van der Waals surface area contributed by atoms with Crippen LogP contribution in [0.1, 0.15) is 31.2 Å². The third-order valence-corrected chi connectivity index (χ3v) is 4.80. The molecule has 0 saturated heterocycles. The fourth-order valence-corrected chi connectivity index (χ4v) is 3.65. The number of oxime groups is 1. The topological polar surface area (TPSA) is 43.2 Å². The van der Waals surface area contributed by atoms with E-state index >= 15 is 0 Å². The zero-order chi connectivity index (χ0) is 14.2. The first kappa shape index (κ1) is 12.9. The Balaban J connectivity index is 1.54. The first-order valence-corrected chi connectivity index (χ1v) is 7.78. The molecule has 0 N–H and O–H groups in total. The summed E-state index contributed by atoms with van der Waals surface area (Å²) in [7, 11) is 1.72. The highest BCUT2D eigenvalue weighted by molar-refractivity contribution is 6.05. The van der Waals surface area contributed by atoms with Crippen LogP contribution in [0.3, 0.4) is 0 Å². The Hall–Kier alpha value is -1.84. The van der Waals surface area contributed by atoms with Gasteiger partial charge in [0.15, 0.2) is 5.90 Å². The molecule has 1 saturated carbocycles. The predicted octanol–water partition coefficient (Wildman–Crippen LogP) is 3.02. The minimum atomic E-state index is 0.227. The van der Waals surface area contributed by atoms with E-state index in [0.717, 1.165) is 24.5 Å². The summed E-state index contributed by atoms with van der Waals surface area (Å²) < 4.78 is 5.39. The van der Waals surface area contributed by atoms with Crippen LogP contribution < -0.4 is 0 Å². The molecule has 2 heterocycles. The van der Waals surface area contributed by atoms with Gasteiger partial charge in [0.1, 0.15) is 6.10 Å². The van der Waals surface area contributed by atoms with Gasteiger partial charge in [-0.1, -0.05) is 41.9 Å². The Morgan fingerprint density at radius 1 is 1.19 bits per heavy atom. The zero-order valence-electron chi connectivity index (χ0n) is 12.2. The zero-order valence-corrected chi connectivity index (χ0v) is 12.2. The second-order valence-corrected chi connectivity index (χ2v) is 6.06. The maximum atomic E-state index is 5.65. The van der Waals surface area contributed by atoms with E-state index in [0.29, 0.717) is 17.9 Å². The summed E-state index contributed by atoms with van der Waals surface area (Å²) in [6.45, 7) is 0. The van der Waals surface area contributed by atoms with Crippen LogP contribution in [0, 0.1) is 11.8 Å². The summed E-state index contributed by atoms with van der Waals surface area (Å²) >= 11 is 0. The van der Waals surface area contributed by atoms with Crippen LogP contribution in [-0.4, -0.2) is 30.9 Å². The molecule has 4 atom stereocenters. The van der Waals surface area contributed by atoms with Gasteiger partial charge < -0.3 is 9.57 Å². The van der Waals surface area contributed by atoms with Crippen molar-refractivity contribution in [1.82, 2.24) is 0 Å². The highest BCUT2D eigenvalue weighted by atomic mass is 16.7. The molecule has 3 aliphatic rings. The summed E-state index contributed by atoms with van der Waals surface area (Å²) in [5.74, 6) is 1.79. The second kappa shape index (κ2) is 5.17. The smallest absolute Gasteiger partial charge is 0.183 e. The molecule has 0 amide bonds. The van der Waals surface area contributed by atoms with Gasteiger partial charge in [-0.05, 0) is 18.4 Å². The van der Waals surface area contributed by atoms with Gasteiger partial charge in [-0.3, -0.25) is 4.99 Å². The Morgan fingerprint density at radius 3 is 2.86 bits per heavy atom. The van der Waals surface area contributed by atoms with Crippen LogP contribution in [0.2, 0.25) is 0 Å². The van der Waals surface area contributed by atoms with Crippen molar-refractivity contribution < 1.29 is 9.57 Å². The monoisotopic (exact) mass is 284 g/mol. The first-order valence-electron chi connectivity index (χ1n) is 7.78. The van der Waals surface area contributed by atoms with E-state index in [-0.39, 0.29) is 6.10 Å². The van der Waals surface area contributed by atoms with Gasteiger partial charge in [0.05, 0.1) is 24.8 Å². The molecule has 0 spiro atoms. The molecule has 4 heteroatoms. The second-order valence-electron chi connectivity index (χ2n) is 6.06. The molecule has 0 bridgehead atoms. The predicted molar refractivity (Wildman–Crippen MR) is 81.5 cm³/mol. The third-order valence-electron chi connectivity index (χ3n) is 4.80. The van der Waals surface area contributed by atoms with Crippen LogP contribution in [0.25, 0.3) is 0 Å². The van der Waals surface area contributed by atoms with Crippen molar-refractivity contribution in [3.8, 4) is 0 Å². The van der Waals surface area contributed by atoms with E-state index in [9.17, 15) is 0 Å². The fraction of sp³-hybridized carbons (Fsp3) is 0.529. The molecule has 1 fully saturated rings. The highest BCUT2D eigenvalue weighted by Crippen LogP contribution is 2.52. The lowest BCUT2D eigenvalue weighted by Crippen LogP contribution is -2.16. The average Bonchev–Trinajstić information content (AvgIpc) is 3.16. The molecular weight excluding hydrogens is 264 g/mol. The molecule has 110 valence electrons. The average molecular weight is 284 g/mol. The third kappa shape index (κ3) is 2.23. The number of rotatable bonds is 2. The van der Waals surface area contributed by atoms with Crippen molar-refractivity contribution in [2.75, 3.05) is 7.11 Å². The summed E-state index contributed by atoms with van der Waals surface area (Å²) in [6.07, 6.45) is 4.72. The summed E-state index contributed by atoms with van der Waals surface area (Å²) in [5.41, 5.74) is 2.28. The summed E-state index contributed by atoms with van der Waals surface area (Å²) in [6, 6.07) is 10.7. The first-order chi connectivity index (χ1) is 10.4. The van der Waals surface area contributed by atoms with E-state index in [1.165, 1.54) is 18.4 Å². The van der Waals surface area contributed by atoms with Crippen LogP contribution >= 0.6 is 0 Å². The Labute approximate surface area is 124 Å². The number of benzene rings is 1. The van der Waals surface area contributed by atoms with Gasteiger partial charge in [0, 0.05) is 12.3 Å². The fourth-order valence-electron chi connectivity index (χ4n) is 3.65. The molecular formula is C17H20N2O2. The van der Waals surface area contributed by atoms with Crippen molar-refractivity contribution in [3.05, 3.63) is 35.9 Å². The Morgan fingerprint density at radius 2 is 2.05 bits per heavy atom. The lowest BCUT2D eigenvalue weighted by atomic mass is 10.00. The minimum absolute atomic E-state index is 0.227. The normalized spacial score (nSPS) is 34.1. The number of ether oxygens (including phenoxy) is 1. The van der Waals surface area contributed by atoms with Crippen molar-refractivity contribution in [1.29, 1.82) is 0 Å². The number of methoxy groups -OCH3 is 1. The molecule has 4 nitrogen and oxygen atoms in total. The Kier molecular flexibility index (Phi) is 3.17. The molecule has 4 unspecified atom stereocenters.